The Morgan fingerprint density at radius 1 is 1.22 bits per heavy atom. The standard InChI is InChI=1S/C10H12F4O4/c1-6(2)10(13,14)9(11,12)5-18-8(17)4-3-7(15)16/h3-4,6H,5H2,1-2H3,(H,15,16)/b4-3+. The highest BCUT2D eigenvalue weighted by atomic mass is 19.3. The van der Waals surface area contributed by atoms with E-state index in [0.29, 0.717) is 12.2 Å². The lowest BCUT2D eigenvalue weighted by Gasteiger charge is -2.28. The number of ether oxygens (including phenoxy) is 1. The molecule has 104 valence electrons. The average molecular weight is 272 g/mol. The van der Waals surface area contributed by atoms with Crippen LogP contribution in [0.4, 0.5) is 17.6 Å². The summed E-state index contributed by atoms with van der Waals surface area (Å²) in [7, 11) is 0. The minimum absolute atomic E-state index is 0.348. The summed E-state index contributed by atoms with van der Waals surface area (Å²) >= 11 is 0. The quantitative estimate of drug-likeness (QED) is 0.457. The molecule has 0 saturated carbocycles. The molecule has 1 N–H and O–H groups in total. The molecule has 0 atom stereocenters. The second-order valence-corrected chi connectivity index (χ2v) is 3.76. The van der Waals surface area contributed by atoms with Gasteiger partial charge in [-0.15, -0.1) is 0 Å². The summed E-state index contributed by atoms with van der Waals surface area (Å²) in [5.74, 6) is -13.4. The first-order valence-electron chi connectivity index (χ1n) is 4.84. The van der Waals surface area contributed by atoms with Gasteiger partial charge in [-0.3, -0.25) is 0 Å². The van der Waals surface area contributed by atoms with Crippen LogP contribution in [0.15, 0.2) is 12.2 Å². The molecule has 0 aliphatic heterocycles. The maximum Gasteiger partial charge on any atom is 0.343 e. The smallest absolute Gasteiger partial charge is 0.343 e. The van der Waals surface area contributed by atoms with Gasteiger partial charge in [0.05, 0.1) is 0 Å². The van der Waals surface area contributed by atoms with E-state index in [9.17, 15) is 27.2 Å². The lowest BCUT2D eigenvalue weighted by molar-refractivity contribution is -0.248. The Bertz CT molecular complexity index is 350. The van der Waals surface area contributed by atoms with Crippen molar-refractivity contribution in [1.82, 2.24) is 0 Å². The normalized spacial score (nSPS) is 13.1. The van der Waals surface area contributed by atoms with Gasteiger partial charge in [0.25, 0.3) is 0 Å². The van der Waals surface area contributed by atoms with Crippen LogP contribution in [0.3, 0.4) is 0 Å². The molecule has 0 aromatic heterocycles. The molecule has 0 unspecified atom stereocenters. The van der Waals surface area contributed by atoms with Crippen molar-refractivity contribution < 1.29 is 37.0 Å². The van der Waals surface area contributed by atoms with E-state index >= 15 is 0 Å². The first-order chi connectivity index (χ1) is 8.00. The van der Waals surface area contributed by atoms with Crippen LogP contribution >= 0.6 is 0 Å². The van der Waals surface area contributed by atoms with Crippen LogP contribution in [0.2, 0.25) is 0 Å². The average Bonchev–Trinajstić information content (AvgIpc) is 2.23. The van der Waals surface area contributed by atoms with Crippen molar-refractivity contribution in [2.24, 2.45) is 5.92 Å². The van der Waals surface area contributed by atoms with Gasteiger partial charge in [-0.1, -0.05) is 13.8 Å². The number of alkyl halides is 4. The third kappa shape index (κ3) is 4.34. The molecule has 8 heteroatoms. The molecule has 0 aliphatic rings. The zero-order valence-corrected chi connectivity index (χ0v) is 9.62. The summed E-state index contributed by atoms with van der Waals surface area (Å²) in [6.45, 7) is -0.0128. The van der Waals surface area contributed by atoms with Crippen molar-refractivity contribution in [3.8, 4) is 0 Å². The number of carboxylic acid groups (broad SMARTS) is 1. The van der Waals surface area contributed by atoms with Crippen molar-refractivity contribution in [1.29, 1.82) is 0 Å². The first-order valence-corrected chi connectivity index (χ1v) is 4.84. The monoisotopic (exact) mass is 272 g/mol. The van der Waals surface area contributed by atoms with Gasteiger partial charge >= 0.3 is 23.8 Å². The summed E-state index contributed by atoms with van der Waals surface area (Å²) < 4.78 is 56.0. The highest BCUT2D eigenvalue weighted by Gasteiger charge is 2.58. The summed E-state index contributed by atoms with van der Waals surface area (Å²) in [6, 6.07) is 0. The predicted octanol–water partition coefficient (Wildman–Crippen LogP) is 2.10. The molecule has 0 saturated heterocycles. The fourth-order valence-corrected chi connectivity index (χ4v) is 0.868. The van der Waals surface area contributed by atoms with Crippen molar-refractivity contribution in [2.45, 2.75) is 25.7 Å². The van der Waals surface area contributed by atoms with Gasteiger partial charge in [-0.05, 0) is 0 Å². The lowest BCUT2D eigenvalue weighted by Crippen LogP contribution is -2.48. The zero-order chi connectivity index (χ0) is 14.6. The van der Waals surface area contributed by atoms with Crippen LogP contribution in [0.25, 0.3) is 0 Å². The van der Waals surface area contributed by atoms with Crippen LogP contribution in [-0.2, 0) is 14.3 Å². The fraction of sp³-hybridized carbons (Fsp3) is 0.600. The Hall–Kier alpha value is -1.60. The second-order valence-electron chi connectivity index (χ2n) is 3.76. The Morgan fingerprint density at radius 2 is 1.72 bits per heavy atom. The Labute approximate surface area is 100 Å². The molecule has 0 rings (SSSR count). The number of hydrogen-bond acceptors (Lipinski definition) is 3. The molecule has 0 fully saturated rings. The van der Waals surface area contributed by atoms with Gasteiger partial charge in [-0.25, -0.2) is 9.59 Å². The van der Waals surface area contributed by atoms with Gasteiger partial charge in [0.15, 0.2) is 6.61 Å². The van der Waals surface area contributed by atoms with Crippen LogP contribution in [-0.4, -0.2) is 35.5 Å². The molecule has 0 heterocycles. The highest BCUT2D eigenvalue weighted by Crippen LogP contribution is 2.40. The molecular formula is C10H12F4O4. The molecular weight excluding hydrogens is 260 g/mol. The molecule has 0 bridgehead atoms. The van der Waals surface area contributed by atoms with E-state index in [1.807, 2.05) is 0 Å². The molecule has 0 aromatic carbocycles. The number of carbonyl (C=O) groups is 2. The first kappa shape index (κ1) is 16.4. The number of esters is 1. The maximum atomic E-state index is 13.0. The third-order valence-corrected chi connectivity index (χ3v) is 1.97. The van der Waals surface area contributed by atoms with Crippen LogP contribution in [0, 0.1) is 5.92 Å². The number of aliphatic carboxylic acids is 1. The Balaban J connectivity index is 4.53. The number of halogens is 4. The van der Waals surface area contributed by atoms with Gasteiger partial charge in [-0.2, -0.15) is 17.6 Å². The van der Waals surface area contributed by atoms with E-state index in [1.165, 1.54) is 0 Å². The van der Waals surface area contributed by atoms with E-state index in [0.717, 1.165) is 13.8 Å². The minimum Gasteiger partial charge on any atom is -0.478 e. The van der Waals surface area contributed by atoms with E-state index in [2.05, 4.69) is 4.74 Å². The van der Waals surface area contributed by atoms with Gasteiger partial charge in [0.2, 0.25) is 0 Å². The third-order valence-electron chi connectivity index (χ3n) is 1.97. The van der Waals surface area contributed by atoms with Gasteiger partial charge in [0, 0.05) is 18.1 Å². The predicted molar refractivity (Wildman–Crippen MR) is 52.5 cm³/mol. The Morgan fingerprint density at radius 3 is 2.11 bits per heavy atom. The molecule has 0 radical (unpaired) electrons. The van der Waals surface area contributed by atoms with Gasteiger partial charge < -0.3 is 9.84 Å². The topological polar surface area (TPSA) is 63.6 Å². The van der Waals surface area contributed by atoms with Crippen LogP contribution in [0.5, 0.6) is 0 Å². The number of hydrogen-bond donors (Lipinski definition) is 1. The molecule has 18 heavy (non-hydrogen) atoms. The van der Waals surface area contributed by atoms with E-state index < -0.39 is 36.3 Å². The second kappa shape index (κ2) is 5.83. The van der Waals surface area contributed by atoms with Crippen molar-refractivity contribution in [2.75, 3.05) is 6.61 Å². The summed E-state index contributed by atoms with van der Waals surface area (Å²) in [5.41, 5.74) is 0. The fourth-order valence-electron chi connectivity index (χ4n) is 0.868. The maximum absolute atomic E-state index is 13.0. The highest BCUT2D eigenvalue weighted by molar-refractivity contribution is 5.90. The van der Waals surface area contributed by atoms with Crippen molar-refractivity contribution in [3.05, 3.63) is 12.2 Å². The Kier molecular flexibility index (Phi) is 5.31. The summed E-state index contributed by atoms with van der Waals surface area (Å²) in [4.78, 5) is 20.7. The lowest BCUT2D eigenvalue weighted by atomic mass is 10.0. The van der Waals surface area contributed by atoms with E-state index in [1.54, 1.807) is 0 Å². The number of rotatable bonds is 6. The zero-order valence-electron chi connectivity index (χ0n) is 9.62. The molecule has 0 aromatic rings. The minimum atomic E-state index is -4.52. The largest absolute Gasteiger partial charge is 0.478 e. The summed E-state index contributed by atoms with van der Waals surface area (Å²) in [6.07, 6.45) is 0.701. The van der Waals surface area contributed by atoms with Crippen LogP contribution in [0.1, 0.15) is 13.8 Å². The van der Waals surface area contributed by atoms with Crippen LogP contribution < -0.4 is 0 Å². The molecule has 4 nitrogen and oxygen atoms in total. The van der Waals surface area contributed by atoms with E-state index in [-0.39, 0.29) is 0 Å². The number of carbonyl (C=O) groups excluding carboxylic acids is 1. The molecule has 0 spiro atoms. The number of carboxylic acids is 1. The molecule has 0 aliphatic carbocycles. The summed E-state index contributed by atoms with van der Waals surface area (Å²) in [5, 5.41) is 8.13. The SMILES string of the molecule is CC(C)C(F)(F)C(F)(F)COC(=O)/C=C/C(=O)O. The molecule has 0 amide bonds. The van der Waals surface area contributed by atoms with Crippen molar-refractivity contribution in [3.63, 3.8) is 0 Å². The van der Waals surface area contributed by atoms with Gasteiger partial charge in [0.1, 0.15) is 0 Å². The van der Waals surface area contributed by atoms with E-state index in [4.69, 9.17) is 5.11 Å². The van der Waals surface area contributed by atoms with Crippen molar-refractivity contribution >= 4 is 11.9 Å².